The number of thioether (sulfide) groups is 1. The Kier molecular flexibility index (Phi) is 16.2. The van der Waals surface area contributed by atoms with E-state index >= 15 is 0 Å². The van der Waals surface area contributed by atoms with E-state index in [4.69, 9.17) is 15.9 Å². The van der Waals surface area contributed by atoms with E-state index in [1.54, 1.807) is 0 Å². The third-order valence-electron chi connectivity index (χ3n) is 2.71. The van der Waals surface area contributed by atoms with Crippen LogP contribution in [0.4, 0.5) is 4.79 Å². The number of hydrazine groups is 1. The molecule has 0 saturated carbocycles. The SMILES string of the molecule is CC(N)=O.CC(O)C(C=O)NC(=O)NCC1NNC(C(N)CO)S1.CO. The lowest BCUT2D eigenvalue weighted by molar-refractivity contribution is -0.116. The molecule has 1 rings (SSSR count). The lowest BCUT2D eigenvalue weighted by Crippen LogP contribution is -2.50. The lowest BCUT2D eigenvalue weighted by Gasteiger charge is -2.17. The van der Waals surface area contributed by atoms with Crippen LogP contribution in [0.2, 0.25) is 0 Å². The van der Waals surface area contributed by atoms with Crippen molar-refractivity contribution in [1.29, 1.82) is 0 Å². The average molecular weight is 398 g/mol. The van der Waals surface area contributed by atoms with Crippen LogP contribution in [0.5, 0.6) is 0 Å². The summed E-state index contributed by atoms with van der Waals surface area (Å²) < 4.78 is 0. The van der Waals surface area contributed by atoms with Crippen molar-refractivity contribution in [2.45, 2.75) is 42.8 Å². The monoisotopic (exact) mass is 398 g/mol. The zero-order valence-corrected chi connectivity index (χ0v) is 15.8. The predicted molar refractivity (Wildman–Crippen MR) is 97.6 cm³/mol. The Morgan fingerprint density at radius 2 is 1.88 bits per heavy atom. The van der Waals surface area contributed by atoms with Crippen LogP contribution in [-0.4, -0.2) is 82.7 Å². The van der Waals surface area contributed by atoms with Crippen molar-refractivity contribution in [2.24, 2.45) is 11.5 Å². The summed E-state index contributed by atoms with van der Waals surface area (Å²) in [5.74, 6) is -0.333. The number of rotatable bonds is 7. The molecule has 1 aliphatic heterocycles. The van der Waals surface area contributed by atoms with Crippen molar-refractivity contribution in [3.63, 3.8) is 0 Å². The maximum Gasteiger partial charge on any atom is 0.315 e. The van der Waals surface area contributed by atoms with Gasteiger partial charge >= 0.3 is 6.03 Å². The molecule has 5 unspecified atom stereocenters. The number of primary amides is 1. The molecule has 5 atom stereocenters. The molecular weight excluding hydrogens is 368 g/mol. The number of carbonyl (C=O) groups excluding carboxylic acids is 3. The molecule has 0 aliphatic carbocycles. The summed E-state index contributed by atoms with van der Waals surface area (Å²) in [5.41, 5.74) is 16.0. The number of amides is 3. The van der Waals surface area contributed by atoms with E-state index in [1.165, 1.54) is 25.6 Å². The van der Waals surface area contributed by atoms with E-state index < -0.39 is 24.2 Å². The Balaban J connectivity index is 0. The van der Waals surface area contributed by atoms with Gasteiger partial charge in [-0.3, -0.25) is 4.79 Å². The molecule has 12 nitrogen and oxygen atoms in total. The first-order valence-electron chi connectivity index (χ1n) is 7.62. The van der Waals surface area contributed by atoms with E-state index in [0.717, 1.165) is 7.11 Å². The van der Waals surface area contributed by atoms with Gasteiger partial charge in [0.15, 0.2) is 0 Å². The molecule has 0 spiro atoms. The van der Waals surface area contributed by atoms with Gasteiger partial charge in [-0.15, -0.1) is 11.8 Å². The standard InChI is InChI=1S/C10H21N5O4S.C2H5NO.CH4O/c1-5(18)7(4-17)13-10(19)12-2-8-14-15-9(20-8)6(11)3-16;1-2(3)4;1-2/h4-9,14-16,18H,2-3,11H2,1H3,(H2,12,13,19);1H3,(H2,3,4);2H,1H3. The Hall–Kier alpha value is -1.48. The quantitative estimate of drug-likeness (QED) is 0.190. The smallest absolute Gasteiger partial charge is 0.315 e. The molecule has 0 bridgehead atoms. The Morgan fingerprint density at radius 1 is 1.35 bits per heavy atom. The van der Waals surface area contributed by atoms with E-state index in [0.29, 0.717) is 12.8 Å². The zero-order valence-electron chi connectivity index (χ0n) is 15.0. The van der Waals surface area contributed by atoms with Gasteiger partial charge in [-0.05, 0) is 6.92 Å². The van der Waals surface area contributed by atoms with Gasteiger partial charge in [0.1, 0.15) is 12.3 Å². The highest BCUT2D eigenvalue weighted by Gasteiger charge is 2.29. The lowest BCUT2D eigenvalue weighted by atomic mass is 10.2. The minimum Gasteiger partial charge on any atom is -0.400 e. The molecular formula is C13H30N6O6S. The summed E-state index contributed by atoms with van der Waals surface area (Å²) in [6.07, 6.45) is -0.476. The third-order valence-corrected chi connectivity index (χ3v) is 4.08. The van der Waals surface area contributed by atoms with Gasteiger partial charge in [-0.25, -0.2) is 15.6 Å². The van der Waals surface area contributed by atoms with Crippen LogP contribution in [0.25, 0.3) is 0 Å². The number of aldehydes is 1. The van der Waals surface area contributed by atoms with Crippen molar-refractivity contribution in [1.82, 2.24) is 21.5 Å². The number of carbonyl (C=O) groups is 3. The molecule has 1 fully saturated rings. The second-order valence-corrected chi connectivity index (χ2v) is 6.40. The number of hydrogen-bond donors (Lipinski definition) is 9. The Morgan fingerprint density at radius 3 is 2.31 bits per heavy atom. The number of aliphatic hydroxyl groups excluding tert-OH is 3. The second-order valence-electron chi connectivity index (χ2n) is 5.05. The molecule has 0 aromatic rings. The number of nitrogens with one attached hydrogen (secondary N) is 4. The normalized spacial score (nSPS) is 21.7. The minimum absolute atomic E-state index is 0.107. The van der Waals surface area contributed by atoms with Gasteiger partial charge in [-0.1, -0.05) is 0 Å². The van der Waals surface area contributed by atoms with Crippen LogP contribution >= 0.6 is 11.8 Å². The average Bonchev–Trinajstić information content (AvgIpc) is 3.07. The summed E-state index contributed by atoms with van der Waals surface area (Å²) in [5, 5.41) is 29.8. The summed E-state index contributed by atoms with van der Waals surface area (Å²) in [6.45, 7) is 2.88. The molecule has 0 aromatic heterocycles. The maximum atomic E-state index is 11.5. The zero-order chi connectivity index (χ0) is 20.7. The van der Waals surface area contributed by atoms with Gasteiger partial charge < -0.3 is 42.2 Å². The first-order chi connectivity index (χ1) is 12.2. The summed E-state index contributed by atoms with van der Waals surface area (Å²) >= 11 is 1.45. The first-order valence-corrected chi connectivity index (χ1v) is 8.57. The molecule has 1 saturated heterocycles. The molecule has 11 N–H and O–H groups in total. The number of nitrogens with two attached hydrogens (primary N) is 2. The molecule has 154 valence electrons. The number of urea groups is 1. The predicted octanol–water partition coefficient (Wildman–Crippen LogP) is -3.85. The fourth-order valence-electron chi connectivity index (χ4n) is 1.48. The highest BCUT2D eigenvalue weighted by Crippen LogP contribution is 2.20. The maximum absolute atomic E-state index is 11.5. The molecule has 0 radical (unpaired) electrons. The Bertz CT molecular complexity index is 413. The van der Waals surface area contributed by atoms with Gasteiger partial charge in [0.05, 0.1) is 29.5 Å². The van der Waals surface area contributed by atoms with E-state index in [9.17, 15) is 19.5 Å². The molecule has 26 heavy (non-hydrogen) atoms. The third kappa shape index (κ3) is 12.8. The molecule has 3 amide bonds. The largest absolute Gasteiger partial charge is 0.400 e. The van der Waals surface area contributed by atoms with Crippen LogP contribution in [0.3, 0.4) is 0 Å². The minimum atomic E-state index is -0.953. The molecule has 1 aliphatic rings. The molecule has 13 heteroatoms. The fourth-order valence-corrected chi connectivity index (χ4v) is 2.57. The summed E-state index contributed by atoms with van der Waals surface area (Å²) in [6, 6.07) is -1.88. The van der Waals surface area contributed by atoms with Gasteiger partial charge in [-0.2, -0.15) is 0 Å². The van der Waals surface area contributed by atoms with Crippen molar-refractivity contribution in [3.05, 3.63) is 0 Å². The first kappa shape index (κ1) is 26.7. The van der Waals surface area contributed by atoms with Crippen molar-refractivity contribution in [2.75, 3.05) is 20.3 Å². The topological polar surface area (TPSA) is 212 Å². The Labute approximate surface area is 156 Å². The number of hydrogen-bond acceptors (Lipinski definition) is 10. The van der Waals surface area contributed by atoms with Crippen molar-refractivity contribution < 1.29 is 29.7 Å². The van der Waals surface area contributed by atoms with Crippen LogP contribution in [-0.2, 0) is 9.59 Å². The number of aliphatic hydroxyl groups is 3. The van der Waals surface area contributed by atoms with Crippen molar-refractivity contribution >= 4 is 30.0 Å². The van der Waals surface area contributed by atoms with Crippen LogP contribution in [0.15, 0.2) is 0 Å². The van der Waals surface area contributed by atoms with E-state index in [-0.39, 0.29) is 23.3 Å². The molecule has 0 aromatic carbocycles. The van der Waals surface area contributed by atoms with E-state index in [1.807, 2.05) is 0 Å². The van der Waals surface area contributed by atoms with E-state index in [2.05, 4.69) is 27.2 Å². The highest BCUT2D eigenvalue weighted by atomic mass is 32.2. The van der Waals surface area contributed by atoms with Crippen molar-refractivity contribution in [3.8, 4) is 0 Å². The van der Waals surface area contributed by atoms with Gasteiger partial charge in [0, 0.05) is 20.6 Å². The van der Waals surface area contributed by atoms with Gasteiger partial charge in [0.25, 0.3) is 0 Å². The van der Waals surface area contributed by atoms with Crippen LogP contribution in [0, 0.1) is 0 Å². The van der Waals surface area contributed by atoms with Crippen LogP contribution in [0.1, 0.15) is 13.8 Å². The van der Waals surface area contributed by atoms with Gasteiger partial charge in [0.2, 0.25) is 5.91 Å². The highest BCUT2D eigenvalue weighted by molar-refractivity contribution is 8.00. The summed E-state index contributed by atoms with van der Waals surface area (Å²) in [4.78, 5) is 31.4. The van der Waals surface area contributed by atoms with Crippen LogP contribution < -0.4 is 33.0 Å². The fraction of sp³-hybridized carbons (Fsp3) is 0.769. The molecule has 1 heterocycles. The summed E-state index contributed by atoms with van der Waals surface area (Å²) in [7, 11) is 1.00. The second kappa shape index (κ2) is 15.7.